The van der Waals surface area contributed by atoms with E-state index in [9.17, 15) is 0 Å². The lowest BCUT2D eigenvalue weighted by Crippen LogP contribution is -2.10. The summed E-state index contributed by atoms with van der Waals surface area (Å²) >= 11 is 9.47. The second-order valence-electron chi connectivity index (χ2n) is 3.02. The Bertz CT molecular complexity index is 513. The van der Waals surface area contributed by atoms with Crippen molar-refractivity contribution in [3.63, 3.8) is 0 Å². The molecule has 2 rings (SSSR count). The van der Waals surface area contributed by atoms with Crippen LogP contribution in [0.3, 0.4) is 0 Å². The number of halogens is 2. The van der Waals surface area contributed by atoms with Gasteiger partial charge in [0.1, 0.15) is 7.85 Å². The van der Waals surface area contributed by atoms with E-state index in [-0.39, 0.29) is 0 Å². The summed E-state index contributed by atoms with van der Waals surface area (Å²) in [5.74, 6) is 0. The Kier molecular flexibility index (Phi) is 2.46. The lowest BCUT2D eigenvalue weighted by atomic mass is 9.91. The number of nitrogen functional groups attached to an aromatic ring is 1. The van der Waals surface area contributed by atoms with Crippen LogP contribution in [0, 0.1) is 0 Å². The molecule has 0 spiro atoms. The molecule has 1 nitrogen and oxygen atoms in total. The fourth-order valence-electron chi connectivity index (χ4n) is 1.43. The average molecular weight is 266 g/mol. The van der Waals surface area contributed by atoms with Gasteiger partial charge in [0.2, 0.25) is 0 Å². The van der Waals surface area contributed by atoms with E-state index in [0.29, 0.717) is 16.2 Å². The summed E-state index contributed by atoms with van der Waals surface area (Å²) in [6.07, 6.45) is 0. The summed E-state index contributed by atoms with van der Waals surface area (Å²) in [5.41, 5.74) is 6.99. The first kappa shape index (κ1) is 9.87. The molecule has 0 aromatic heterocycles. The fourth-order valence-corrected chi connectivity index (χ4v) is 2.50. The minimum Gasteiger partial charge on any atom is -0.399 e. The van der Waals surface area contributed by atoms with Crippen molar-refractivity contribution in [1.29, 1.82) is 0 Å². The van der Waals surface area contributed by atoms with Gasteiger partial charge < -0.3 is 5.73 Å². The van der Waals surface area contributed by atoms with Gasteiger partial charge in [-0.2, -0.15) is 0 Å². The molecular weight excluding hydrogens is 260 g/mol. The molecule has 0 fully saturated rings. The van der Waals surface area contributed by atoms with Crippen LogP contribution in [-0.2, 0) is 0 Å². The summed E-state index contributed by atoms with van der Waals surface area (Å²) in [6, 6.07) is 7.35. The Morgan fingerprint density at radius 3 is 2.79 bits per heavy atom. The van der Waals surface area contributed by atoms with Crippen molar-refractivity contribution >= 4 is 57.3 Å². The van der Waals surface area contributed by atoms with Gasteiger partial charge in [0.05, 0.1) is 0 Å². The Balaban J connectivity index is 3.02. The van der Waals surface area contributed by atoms with Crippen molar-refractivity contribution in [1.82, 2.24) is 0 Å². The molecule has 0 saturated carbocycles. The predicted molar refractivity (Wildman–Crippen MR) is 66.5 cm³/mol. The maximum atomic E-state index is 6.06. The van der Waals surface area contributed by atoms with Crippen LogP contribution in [-0.4, -0.2) is 7.85 Å². The van der Waals surface area contributed by atoms with E-state index in [1.54, 1.807) is 6.07 Å². The van der Waals surface area contributed by atoms with Gasteiger partial charge in [0.25, 0.3) is 0 Å². The highest BCUT2D eigenvalue weighted by Gasteiger charge is 2.07. The Hall–Kier alpha value is -0.665. The van der Waals surface area contributed by atoms with Gasteiger partial charge in [0, 0.05) is 26.0 Å². The van der Waals surface area contributed by atoms with Crippen LogP contribution in [0.5, 0.6) is 0 Å². The van der Waals surface area contributed by atoms with Gasteiger partial charge in [-0.05, 0) is 6.07 Å². The highest BCUT2D eigenvalue weighted by Crippen LogP contribution is 2.32. The largest absolute Gasteiger partial charge is 0.399 e. The molecule has 2 N–H and O–H groups in total. The summed E-state index contributed by atoms with van der Waals surface area (Å²) in [6.45, 7) is 0. The van der Waals surface area contributed by atoms with Crippen molar-refractivity contribution in [3.05, 3.63) is 33.8 Å². The van der Waals surface area contributed by atoms with Crippen LogP contribution in [0.25, 0.3) is 10.8 Å². The monoisotopic (exact) mass is 265 g/mol. The lowest BCUT2D eigenvalue weighted by molar-refractivity contribution is 1.73. The predicted octanol–water partition coefficient (Wildman–Crippen LogP) is 2.63. The maximum absolute atomic E-state index is 6.06. The van der Waals surface area contributed by atoms with Gasteiger partial charge in [-0.25, -0.2) is 0 Å². The van der Waals surface area contributed by atoms with Crippen LogP contribution in [0.4, 0.5) is 5.69 Å². The molecule has 0 aliphatic heterocycles. The minimum absolute atomic E-state index is 0.562. The topological polar surface area (TPSA) is 26.0 Å². The van der Waals surface area contributed by atoms with E-state index in [2.05, 4.69) is 15.9 Å². The zero-order chi connectivity index (χ0) is 10.3. The second kappa shape index (κ2) is 3.48. The molecular formula is C10H6BBrClN. The molecule has 2 aromatic rings. The van der Waals surface area contributed by atoms with Crippen molar-refractivity contribution < 1.29 is 0 Å². The number of hydrogen-bond donors (Lipinski definition) is 1. The Labute approximate surface area is 96.8 Å². The molecule has 0 amide bonds. The van der Waals surface area contributed by atoms with Gasteiger partial charge in [0.15, 0.2) is 0 Å². The molecule has 0 bridgehead atoms. The number of rotatable bonds is 0. The van der Waals surface area contributed by atoms with Crippen molar-refractivity contribution in [3.8, 4) is 0 Å². The second-order valence-corrected chi connectivity index (χ2v) is 4.29. The zero-order valence-electron chi connectivity index (χ0n) is 7.22. The number of benzene rings is 2. The van der Waals surface area contributed by atoms with E-state index in [1.165, 1.54) is 0 Å². The molecule has 0 aliphatic rings. The highest BCUT2D eigenvalue weighted by atomic mass is 79.9. The number of nitrogens with two attached hydrogens (primary N) is 1. The zero-order valence-corrected chi connectivity index (χ0v) is 9.56. The molecule has 0 unspecified atom stereocenters. The van der Waals surface area contributed by atoms with E-state index >= 15 is 0 Å². The van der Waals surface area contributed by atoms with E-state index in [1.807, 2.05) is 18.2 Å². The number of hydrogen-bond acceptors (Lipinski definition) is 1. The van der Waals surface area contributed by atoms with E-state index < -0.39 is 0 Å². The maximum Gasteiger partial charge on any atom is 0.116 e. The van der Waals surface area contributed by atoms with Crippen LogP contribution in [0.2, 0.25) is 5.02 Å². The first-order chi connectivity index (χ1) is 6.61. The van der Waals surface area contributed by atoms with Crippen molar-refractivity contribution in [2.24, 2.45) is 0 Å². The molecule has 14 heavy (non-hydrogen) atoms. The standard InChI is InChI=1S/C10H6BBrClN/c11-6-4-7(12)9-5(10(6)14)2-1-3-8(9)13/h1-4H,14H2. The van der Waals surface area contributed by atoms with Gasteiger partial charge in [-0.1, -0.05) is 51.2 Å². The molecule has 0 aliphatic carbocycles. The molecule has 68 valence electrons. The van der Waals surface area contributed by atoms with Gasteiger partial charge in [-0.3, -0.25) is 0 Å². The normalized spacial score (nSPS) is 10.7. The third-order valence-corrected chi connectivity index (χ3v) is 3.08. The van der Waals surface area contributed by atoms with Gasteiger partial charge in [-0.15, -0.1) is 0 Å². The molecule has 4 heteroatoms. The Morgan fingerprint density at radius 1 is 1.36 bits per heavy atom. The smallest absolute Gasteiger partial charge is 0.116 e. The summed E-state index contributed by atoms with van der Waals surface area (Å²) in [7, 11) is 5.74. The van der Waals surface area contributed by atoms with Crippen LogP contribution in [0.15, 0.2) is 28.7 Å². The summed E-state index contributed by atoms with van der Waals surface area (Å²) in [4.78, 5) is 0. The molecule has 0 saturated heterocycles. The van der Waals surface area contributed by atoms with E-state index in [0.717, 1.165) is 15.2 Å². The van der Waals surface area contributed by atoms with Crippen LogP contribution >= 0.6 is 27.5 Å². The highest BCUT2D eigenvalue weighted by molar-refractivity contribution is 9.10. The van der Waals surface area contributed by atoms with Crippen molar-refractivity contribution in [2.45, 2.75) is 0 Å². The Morgan fingerprint density at radius 2 is 2.07 bits per heavy atom. The van der Waals surface area contributed by atoms with Gasteiger partial charge >= 0.3 is 0 Å². The lowest BCUT2D eigenvalue weighted by Gasteiger charge is -2.09. The molecule has 2 aromatic carbocycles. The summed E-state index contributed by atoms with van der Waals surface area (Å²) < 4.78 is 0.866. The third kappa shape index (κ3) is 1.41. The molecule has 0 atom stereocenters. The SMILES string of the molecule is [B]c1cc(Br)c2c(Cl)cccc2c1N. The van der Waals surface area contributed by atoms with Crippen LogP contribution in [0.1, 0.15) is 0 Å². The minimum atomic E-state index is 0.562. The third-order valence-electron chi connectivity index (χ3n) is 2.14. The van der Waals surface area contributed by atoms with Crippen molar-refractivity contribution in [2.75, 3.05) is 5.73 Å². The number of anilines is 1. The van der Waals surface area contributed by atoms with Crippen LogP contribution < -0.4 is 11.2 Å². The molecule has 2 radical (unpaired) electrons. The molecule has 0 heterocycles. The quantitative estimate of drug-likeness (QED) is 0.576. The average Bonchev–Trinajstić information content (AvgIpc) is 2.14. The first-order valence-corrected chi connectivity index (χ1v) is 5.20. The fraction of sp³-hybridized carbons (Fsp3) is 0. The first-order valence-electron chi connectivity index (χ1n) is 4.03. The van der Waals surface area contributed by atoms with E-state index in [4.69, 9.17) is 25.2 Å². The summed E-state index contributed by atoms with van der Waals surface area (Å²) in [5, 5.41) is 2.45. The number of fused-ring (bicyclic) bond motifs is 1.